The lowest BCUT2D eigenvalue weighted by atomic mass is 10.1. The summed E-state index contributed by atoms with van der Waals surface area (Å²) in [4.78, 5) is 10.6. The summed E-state index contributed by atoms with van der Waals surface area (Å²) in [7, 11) is 0. The van der Waals surface area contributed by atoms with Crippen molar-refractivity contribution < 1.29 is 19.4 Å². The number of hydrogen-bond acceptors (Lipinski definition) is 4. The van der Waals surface area contributed by atoms with Crippen molar-refractivity contribution in [1.29, 1.82) is 0 Å². The zero-order chi connectivity index (χ0) is 7.14. The lowest BCUT2D eigenvalue weighted by Gasteiger charge is -2.07. The van der Waals surface area contributed by atoms with E-state index in [-0.39, 0.29) is 12.1 Å². The van der Waals surface area contributed by atoms with E-state index in [9.17, 15) is 4.79 Å². The van der Waals surface area contributed by atoms with Crippen molar-refractivity contribution in [2.24, 2.45) is 0 Å². The van der Waals surface area contributed by atoms with Crippen LogP contribution in [0.15, 0.2) is 0 Å². The molecule has 3 atom stereocenters. The minimum atomic E-state index is -0.614. The fraction of sp³-hybridized carbons (Fsp3) is 0.833. The molecule has 0 unspecified atom stereocenters. The van der Waals surface area contributed by atoms with E-state index in [1.54, 1.807) is 0 Å². The summed E-state index contributed by atoms with van der Waals surface area (Å²) in [6.45, 7) is 0.294. The van der Waals surface area contributed by atoms with Crippen LogP contribution in [-0.2, 0) is 14.3 Å². The molecule has 0 saturated carbocycles. The molecule has 2 heterocycles. The first-order chi connectivity index (χ1) is 4.77. The van der Waals surface area contributed by atoms with Gasteiger partial charge in [0, 0.05) is 0 Å². The topological polar surface area (TPSA) is 55.8 Å². The monoisotopic (exact) mass is 144 g/mol. The Morgan fingerprint density at radius 3 is 3.10 bits per heavy atom. The standard InChI is InChI=1S/C6H8O4/c7-3-2-9-4-1-5(8)10-6(3)4/h3-4,6-7H,1-2H2/t3-,4+,6+/m1/s1. The third-order valence-electron chi connectivity index (χ3n) is 1.86. The van der Waals surface area contributed by atoms with Gasteiger partial charge in [-0.1, -0.05) is 0 Å². The molecule has 2 aliphatic rings. The molecule has 4 nitrogen and oxygen atoms in total. The van der Waals surface area contributed by atoms with Gasteiger partial charge in [0.15, 0.2) is 6.10 Å². The molecule has 2 aliphatic heterocycles. The molecule has 0 radical (unpaired) electrons. The van der Waals surface area contributed by atoms with Gasteiger partial charge in [0.05, 0.1) is 13.0 Å². The Morgan fingerprint density at radius 2 is 2.40 bits per heavy atom. The molecule has 0 spiro atoms. The molecule has 0 amide bonds. The van der Waals surface area contributed by atoms with Gasteiger partial charge in [-0.25, -0.2) is 0 Å². The van der Waals surface area contributed by atoms with Gasteiger partial charge in [-0.2, -0.15) is 0 Å². The number of hydrogen-bond donors (Lipinski definition) is 1. The van der Waals surface area contributed by atoms with E-state index < -0.39 is 12.2 Å². The van der Waals surface area contributed by atoms with E-state index in [0.717, 1.165) is 0 Å². The molecule has 0 bridgehead atoms. The number of aliphatic hydroxyl groups is 1. The largest absolute Gasteiger partial charge is 0.457 e. The molecule has 2 rings (SSSR count). The average Bonchev–Trinajstić information content (AvgIpc) is 2.35. The maximum Gasteiger partial charge on any atom is 0.309 e. The quantitative estimate of drug-likeness (QED) is 0.446. The SMILES string of the molecule is O=C1C[C@@H]2OC[C@@H](O)[C@@H]2O1. The number of carbonyl (C=O) groups excluding carboxylic acids is 1. The predicted molar refractivity (Wildman–Crippen MR) is 30.2 cm³/mol. The van der Waals surface area contributed by atoms with Crippen molar-refractivity contribution in [2.45, 2.75) is 24.7 Å². The Morgan fingerprint density at radius 1 is 1.60 bits per heavy atom. The molecule has 56 valence electrons. The molecule has 2 fully saturated rings. The van der Waals surface area contributed by atoms with E-state index in [1.165, 1.54) is 0 Å². The van der Waals surface area contributed by atoms with Crippen LogP contribution in [0.2, 0.25) is 0 Å². The number of aliphatic hydroxyl groups excluding tert-OH is 1. The number of carbonyl (C=O) groups is 1. The van der Waals surface area contributed by atoms with Gasteiger partial charge in [0.1, 0.15) is 12.2 Å². The third-order valence-corrected chi connectivity index (χ3v) is 1.86. The Labute approximate surface area is 57.7 Å². The van der Waals surface area contributed by atoms with Crippen LogP contribution >= 0.6 is 0 Å². The molecule has 4 heteroatoms. The highest BCUT2D eigenvalue weighted by molar-refractivity contribution is 5.72. The molecular weight excluding hydrogens is 136 g/mol. The fourth-order valence-corrected chi connectivity index (χ4v) is 1.35. The molecule has 0 aliphatic carbocycles. The summed E-state index contributed by atoms with van der Waals surface area (Å²) < 4.78 is 9.85. The molecule has 0 aromatic carbocycles. The maximum absolute atomic E-state index is 10.6. The summed E-state index contributed by atoms with van der Waals surface area (Å²) in [5.74, 6) is -0.270. The second kappa shape index (κ2) is 1.93. The smallest absolute Gasteiger partial charge is 0.309 e. The van der Waals surface area contributed by atoms with Crippen LogP contribution in [0, 0.1) is 0 Å². The number of rotatable bonds is 0. The summed E-state index contributed by atoms with van der Waals surface area (Å²) in [5, 5.41) is 9.11. The minimum absolute atomic E-state index is 0.192. The van der Waals surface area contributed by atoms with E-state index in [1.807, 2.05) is 0 Å². The second-order valence-corrected chi connectivity index (χ2v) is 2.60. The first-order valence-electron chi connectivity index (χ1n) is 3.26. The molecule has 0 aromatic heterocycles. The van der Waals surface area contributed by atoms with Crippen molar-refractivity contribution in [3.8, 4) is 0 Å². The first kappa shape index (κ1) is 6.12. The van der Waals surface area contributed by atoms with Gasteiger partial charge in [-0.3, -0.25) is 4.79 Å². The molecule has 1 N–H and O–H groups in total. The van der Waals surface area contributed by atoms with Crippen LogP contribution in [0.5, 0.6) is 0 Å². The lowest BCUT2D eigenvalue weighted by Crippen LogP contribution is -2.26. The van der Waals surface area contributed by atoms with Gasteiger partial charge in [-0.15, -0.1) is 0 Å². The molecule has 0 aromatic rings. The second-order valence-electron chi connectivity index (χ2n) is 2.60. The van der Waals surface area contributed by atoms with Gasteiger partial charge < -0.3 is 14.6 Å². The summed E-state index contributed by atoms with van der Waals surface area (Å²) in [5.41, 5.74) is 0. The third kappa shape index (κ3) is 0.726. The number of fused-ring (bicyclic) bond motifs is 1. The number of ether oxygens (including phenoxy) is 2. The predicted octanol–water partition coefficient (Wildman–Crippen LogP) is -0.938. The van der Waals surface area contributed by atoms with Gasteiger partial charge >= 0.3 is 5.97 Å². The normalized spacial score (nSPS) is 45.3. The number of esters is 1. The van der Waals surface area contributed by atoms with Crippen molar-refractivity contribution in [1.82, 2.24) is 0 Å². The van der Waals surface area contributed by atoms with Crippen LogP contribution in [-0.4, -0.2) is 36.0 Å². The van der Waals surface area contributed by atoms with Gasteiger partial charge in [0.25, 0.3) is 0 Å². The van der Waals surface area contributed by atoms with Crippen LogP contribution in [0.25, 0.3) is 0 Å². The van der Waals surface area contributed by atoms with Crippen LogP contribution in [0.4, 0.5) is 0 Å². The average molecular weight is 144 g/mol. The van der Waals surface area contributed by atoms with Gasteiger partial charge in [0.2, 0.25) is 0 Å². The molecule has 2 saturated heterocycles. The summed E-state index contributed by atoms with van der Waals surface area (Å²) >= 11 is 0. The van der Waals surface area contributed by atoms with Crippen molar-refractivity contribution in [2.75, 3.05) is 6.61 Å². The Hall–Kier alpha value is -0.610. The van der Waals surface area contributed by atoms with E-state index in [4.69, 9.17) is 14.6 Å². The van der Waals surface area contributed by atoms with Crippen LogP contribution in [0.1, 0.15) is 6.42 Å². The minimum Gasteiger partial charge on any atom is -0.457 e. The highest BCUT2D eigenvalue weighted by atomic mass is 16.6. The van der Waals surface area contributed by atoms with E-state index in [2.05, 4.69) is 0 Å². The van der Waals surface area contributed by atoms with Crippen LogP contribution in [0.3, 0.4) is 0 Å². The summed E-state index contributed by atoms with van der Waals surface area (Å²) in [6.07, 6.45) is -0.909. The Balaban J connectivity index is 2.12. The Kier molecular flexibility index (Phi) is 1.18. The zero-order valence-electron chi connectivity index (χ0n) is 5.32. The molecular formula is C6H8O4. The van der Waals surface area contributed by atoms with E-state index in [0.29, 0.717) is 13.0 Å². The van der Waals surface area contributed by atoms with Crippen LogP contribution < -0.4 is 0 Å². The maximum atomic E-state index is 10.6. The Bertz CT molecular complexity index is 167. The fourth-order valence-electron chi connectivity index (χ4n) is 1.35. The highest BCUT2D eigenvalue weighted by Crippen LogP contribution is 2.26. The zero-order valence-corrected chi connectivity index (χ0v) is 5.32. The van der Waals surface area contributed by atoms with E-state index >= 15 is 0 Å². The van der Waals surface area contributed by atoms with Gasteiger partial charge in [-0.05, 0) is 0 Å². The lowest BCUT2D eigenvalue weighted by molar-refractivity contribution is -0.144. The van der Waals surface area contributed by atoms with Crippen molar-refractivity contribution in [3.63, 3.8) is 0 Å². The highest BCUT2D eigenvalue weighted by Gasteiger charge is 2.45. The van der Waals surface area contributed by atoms with Crippen molar-refractivity contribution in [3.05, 3.63) is 0 Å². The molecule has 10 heavy (non-hydrogen) atoms. The summed E-state index contributed by atoms with van der Waals surface area (Å²) in [6, 6.07) is 0. The van der Waals surface area contributed by atoms with Crippen molar-refractivity contribution >= 4 is 5.97 Å². The first-order valence-corrected chi connectivity index (χ1v) is 3.26.